The monoisotopic (exact) mass is 349 g/mol. The lowest BCUT2D eigenvalue weighted by atomic mass is 10.1. The van der Waals surface area contributed by atoms with Crippen molar-refractivity contribution in [1.82, 2.24) is 10.3 Å². The van der Waals surface area contributed by atoms with Crippen LogP contribution in [0.4, 0.5) is 5.69 Å². The molecule has 0 aliphatic heterocycles. The van der Waals surface area contributed by atoms with Crippen molar-refractivity contribution in [2.75, 3.05) is 5.32 Å². The molecule has 2 rings (SSSR count). The number of hydrazine groups is 1. The highest BCUT2D eigenvalue weighted by Crippen LogP contribution is 2.10. The molecule has 0 saturated carbocycles. The minimum absolute atomic E-state index is 0.171. The van der Waals surface area contributed by atoms with Gasteiger partial charge in [0, 0.05) is 5.69 Å². The molecule has 0 radical (unpaired) electrons. The third kappa shape index (κ3) is 5.02. The van der Waals surface area contributed by atoms with Gasteiger partial charge >= 0.3 is 0 Å². The molecule has 0 amide bonds. The first-order chi connectivity index (χ1) is 10.9. The van der Waals surface area contributed by atoms with Crippen LogP contribution in [0.3, 0.4) is 0 Å². The van der Waals surface area contributed by atoms with E-state index in [1.165, 1.54) is 5.56 Å². The van der Waals surface area contributed by atoms with Gasteiger partial charge in [0.1, 0.15) is 0 Å². The first-order valence-electron chi connectivity index (χ1n) is 7.15. The van der Waals surface area contributed by atoms with Crippen LogP contribution in [0.5, 0.6) is 0 Å². The van der Waals surface area contributed by atoms with Crippen LogP contribution in [0, 0.1) is 6.92 Å². The smallest absolute Gasteiger partial charge is 0.257 e. The molecule has 0 saturated heterocycles. The summed E-state index contributed by atoms with van der Waals surface area (Å²) >= 11 is 5.09. The van der Waals surface area contributed by atoms with E-state index in [-0.39, 0.29) is 10.0 Å². The quantitative estimate of drug-likeness (QED) is 0.572. The highest BCUT2D eigenvalue weighted by molar-refractivity contribution is 7.89. The average Bonchev–Trinajstić information content (AvgIpc) is 2.54. The van der Waals surface area contributed by atoms with Gasteiger partial charge in [0.2, 0.25) is 0 Å². The van der Waals surface area contributed by atoms with Crippen LogP contribution in [0.1, 0.15) is 18.1 Å². The zero-order valence-electron chi connectivity index (χ0n) is 13.0. The van der Waals surface area contributed by atoms with Crippen molar-refractivity contribution in [1.29, 1.82) is 0 Å². The molecule has 7 heteroatoms. The minimum atomic E-state index is -3.66. The molecule has 0 aliphatic carbocycles. The zero-order chi connectivity index (χ0) is 16.9. The molecule has 0 aromatic heterocycles. The highest BCUT2D eigenvalue weighted by Gasteiger charge is 2.13. The molecular formula is C16H19N3O2S2. The van der Waals surface area contributed by atoms with Crippen molar-refractivity contribution in [3.8, 4) is 0 Å². The lowest BCUT2D eigenvalue weighted by Gasteiger charge is -2.12. The van der Waals surface area contributed by atoms with E-state index in [0.29, 0.717) is 0 Å². The Morgan fingerprint density at radius 2 is 1.65 bits per heavy atom. The summed E-state index contributed by atoms with van der Waals surface area (Å²) in [5.41, 5.74) is 5.49. The Morgan fingerprint density at radius 3 is 2.22 bits per heavy atom. The van der Waals surface area contributed by atoms with Gasteiger partial charge in [-0.05, 0) is 55.4 Å². The summed E-state index contributed by atoms with van der Waals surface area (Å²) in [6, 6.07) is 14.3. The second kappa shape index (κ2) is 7.54. The van der Waals surface area contributed by atoms with Gasteiger partial charge < -0.3 is 5.32 Å². The van der Waals surface area contributed by atoms with Crippen LogP contribution >= 0.6 is 12.2 Å². The number of nitrogens with one attached hydrogen (secondary N) is 3. The van der Waals surface area contributed by atoms with E-state index in [9.17, 15) is 8.42 Å². The summed E-state index contributed by atoms with van der Waals surface area (Å²) < 4.78 is 24.2. The maximum Gasteiger partial charge on any atom is 0.257 e. The predicted octanol–water partition coefficient (Wildman–Crippen LogP) is 2.74. The topological polar surface area (TPSA) is 70.2 Å². The Hall–Kier alpha value is -1.96. The number of rotatable bonds is 5. The maximum atomic E-state index is 12.1. The molecule has 2 aromatic carbocycles. The van der Waals surface area contributed by atoms with Gasteiger partial charge in [-0.2, -0.15) is 0 Å². The SMILES string of the molecule is CCc1ccc(NC(=S)NNS(=O)(=O)c2ccc(C)cc2)cc1. The lowest BCUT2D eigenvalue weighted by molar-refractivity contribution is 0.578. The van der Waals surface area contributed by atoms with Gasteiger partial charge in [-0.25, -0.2) is 8.42 Å². The maximum absolute atomic E-state index is 12.1. The van der Waals surface area contributed by atoms with Crippen molar-refractivity contribution in [2.24, 2.45) is 0 Å². The molecule has 0 aliphatic rings. The Balaban J connectivity index is 1.93. The summed E-state index contributed by atoms with van der Waals surface area (Å²) in [4.78, 5) is 2.43. The minimum Gasteiger partial charge on any atom is -0.332 e. The highest BCUT2D eigenvalue weighted by atomic mass is 32.2. The number of sulfonamides is 1. The number of benzene rings is 2. The third-order valence-corrected chi connectivity index (χ3v) is 4.72. The third-order valence-electron chi connectivity index (χ3n) is 3.25. The number of hydrogen-bond donors (Lipinski definition) is 3. The normalized spacial score (nSPS) is 11.0. The Labute approximate surface area is 142 Å². The standard InChI is InChI=1S/C16H19N3O2S2/c1-3-13-6-8-14(9-7-13)17-16(22)18-19-23(20,21)15-10-4-12(2)5-11-15/h4-11,19H,3H2,1-2H3,(H2,17,18,22). The molecule has 3 N–H and O–H groups in total. The molecule has 0 spiro atoms. The molecule has 5 nitrogen and oxygen atoms in total. The first-order valence-corrected chi connectivity index (χ1v) is 9.04. The molecule has 0 bridgehead atoms. The first kappa shape index (κ1) is 17.4. The van der Waals surface area contributed by atoms with E-state index < -0.39 is 10.0 Å². The van der Waals surface area contributed by atoms with Crippen LogP contribution in [0.15, 0.2) is 53.4 Å². The van der Waals surface area contributed by atoms with E-state index in [2.05, 4.69) is 22.5 Å². The summed E-state index contributed by atoms with van der Waals surface area (Å²) in [6.07, 6.45) is 0.958. The second-order valence-electron chi connectivity index (χ2n) is 5.05. The fourth-order valence-electron chi connectivity index (χ4n) is 1.88. The predicted molar refractivity (Wildman–Crippen MR) is 96.7 cm³/mol. The summed E-state index contributed by atoms with van der Waals surface area (Å²) in [5.74, 6) is 0. The van der Waals surface area contributed by atoms with E-state index in [1.807, 2.05) is 31.2 Å². The average molecular weight is 349 g/mol. The van der Waals surface area contributed by atoms with E-state index in [4.69, 9.17) is 12.2 Å². The van der Waals surface area contributed by atoms with Crippen LogP contribution in [0.2, 0.25) is 0 Å². The number of aryl methyl sites for hydroxylation is 2. The van der Waals surface area contributed by atoms with Crippen molar-refractivity contribution < 1.29 is 8.42 Å². The molecule has 0 heterocycles. The van der Waals surface area contributed by atoms with Crippen molar-refractivity contribution in [3.05, 3.63) is 59.7 Å². The van der Waals surface area contributed by atoms with Crippen molar-refractivity contribution in [3.63, 3.8) is 0 Å². The number of hydrogen-bond acceptors (Lipinski definition) is 3. The van der Waals surface area contributed by atoms with Crippen molar-refractivity contribution >= 4 is 33.0 Å². The molecule has 2 aromatic rings. The van der Waals surface area contributed by atoms with Gasteiger partial charge in [-0.3, -0.25) is 5.43 Å². The molecular weight excluding hydrogens is 330 g/mol. The van der Waals surface area contributed by atoms with Gasteiger partial charge in [0.15, 0.2) is 5.11 Å². The van der Waals surface area contributed by atoms with Gasteiger partial charge in [0.05, 0.1) is 4.90 Å². The fourth-order valence-corrected chi connectivity index (χ4v) is 2.96. The molecule has 0 atom stereocenters. The number of thiocarbonyl (C=S) groups is 1. The molecule has 122 valence electrons. The zero-order valence-corrected chi connectivity index (χ0v) is 14.6. The number of anilines is 1. The molecule has 0 unspecified atom stereocenters. The second-order valence-corrected chi connectivity index (χ2v) is 7.14. The van der Waals surface area contributed by atoms with Crippen LogP contribution in [-0.2, 0) is 16.4 Å². The Bertz CT molecular complexity index is 770. The van der Waals surface area contributed by atoms with Crippen molar-refractivity contribution in [2.45, 2.75) is 25.2 Å². The van der Waals surface area contributed by atoms with Gasteiger partial charge in [-0.15, -0.1) is 4.83 Å². The van der Waals surface area contributed by atoms with Crippen LogP contribution in [0.25, 0.3) is 0 Å². The van der Waals surface area contributed by atoms with E-state index >= 15 is 0 Å². The largest absolute Gasteiger partial charge is 0.332 e. The summed E-state index contributed by atoms with van der Waals surface area (Å²) in [5, 5.41) is 3.09. The Morgan fingerprint density at radius 1 is 1.04 bits per heavy atom. The van der Waals surface area contributed by atoms with Gasteiger partial charge in [0.25, 0.3) is 10.0 Å². The van der Waals surface area contributed by atoms with E-state index in [0.717, 1.165) is 17.7 Å². The van der Waals surface area contributed by atoms with Crippen LogP contribution in [-0.4, -0.2) is 13.5 Å². The molecule has 23 heavy (non-hydrogen) atoms. The Kier molecular flexibility index (Phi) is 5.70. The summed E-state index contributed by atoms with van der Waals surface area (Å²) in [7, 11) is -3.66. The summed E-state index contributed by atoms with van der Waals surface area (Å²) in [6.45, 7) is 3.97. The van der Waals surface area contributed by atoms with Crippen LogP contribution < -0.4 is 15.6 Å². The van der Waals surface area contributed by atoms with Gasteiger partial charge in [-0.1, -0.05) is 36.8 Å². The lowest BCUT2D eigenvalue weighted by Crippen LogP contribution is -2.43. The molecule has 0 fully saturated rings. The fraction of sp³-hybridized carbons (Fsp3) is 0.188. The van der Waals surface area contributed by atoms with E-state index in [1.54, 1.807) is 24.3 Å².